The third-order valence-electron chi connectivity index (χ3n) is 6.53. The summed E-state index contributed by atoms with van der Waals surface area (Å²) in [5.41, 5.74) is 6.80. The summed E-state index contributed by atoms with van der Waals surface area (Å²) in [5, 5.41) is 15.3. The van der Waals surface area contributed by atoms with Crippen molar-refractivity contribution < 1.29 is 19.1 Å². The summed E-state index contributed by atoms with van der Waals surface area (Å²) in [5.74, 6) is -1.01. The van der Waals surface area contributed by atoms with E-state index in [1.165, 1.54) is 12.1 Å². The highest BCUT2D eigenvalue weighted by molar-refractivity contribution is 6.15. The molecule has 194 valence electrons. The minimum absolute atomic E-state index is 0.00764. The van der Waals surface area contributed by atoms with Crippen LogP contribution in [0.25, 0.3) is 10.8 Å². The maximum Gasteiger partial charge on any atom is 0.272 e. The lowest BCUT2D eigenvalue weighted by atomic mass is 9.85. The van der Waals surface area contributed by atoms with Gasteiger partial charge in [-0.1, -0.05) is 42.0 Å². The van der Waals surface area contributed by atoms with Crippen LogP contribution < -0.4 is 21.1 Å². The van der Waals surface area contributed by atoms with Gasteiger partial charge in [-0.05, 0) is 47.2 Å². The predicted octanol–water partition coefficient (Wildman–Crippen LogP) is 2.52. The molecule has 11 nitrogen and oxygen atoms in total. The molecule has 1 aliphatic carbocycles. The molecule has 0 unspecified atom stereocenters. The molecular formula is C27H27N7O4. The Morgan fingerprint density at radius 3 is 2.55 bits per heavy atom. The van der Waals surface area contributed by atoms with Gasteiger partial charge in [0.15, 0.2) is 12.3 Å². The summed E-state index contributed by atoms with van der Waals surface area (Å²) in [4.78, 5) is 41.9. The summed E-state index contributed by atoms with van der Waals surface area (Å²) < 4.78 is 7.00. The molecular weight excluding hydrogens is 486 g/mol. The first-order valence-electron chi connectivity index (χ1n) is 12.3. The van der Waals surface area contributed by atoms with Crippen LogP contribution in [-0.4, -0.2) is 50.9 Å². The van der Waals surface area contributed by atoms with Gasteiger partial charge in [0.1, 0.15) is 0 Å². The highest BCUT2D eigenvalue weighted by Crippen LogP contribution is 2.27. The molecule has 2 aromatic heterocycles. The third-order valence-corrected chi connectivity index (χ3v) is 6.53. The lowest BCUT2D eigenvalue weighted by Gasteiger charge is -2.25. The molecule has 0 spiro atoms. The van der Waals surface area contributed by atoms with E-state index >= 15 is 0 Å². The predicted molar refractivity (Wildman–Crippen MR) is 140 cm³/mol. The van der Waals surface area contributed by atoms with Crippen molar-refractivity contribution in [2.24, 2.45) is 11.7 Å². The van der Waals surface area contributed by atoms with Crippen LogP contribution in [0.5, 0.6) is 5.88 Å². The fourth-order valence-electron chi connectivity index (χ4n) is 4.34. The molecule has 4 aromatic rings. The Labute approximate surface area is 218 Å². The molecule has 2 heterocycles. The normalized spacial score (nSPS) is 13.1. The third kappa shape index (κ3) is 5.61. The van der Waals surface area contributed by atoms with E-state index in [2.05, 4.69) is 25.9 Å². The average molecular weight is 514 g/mol. The lowest BCUT2D eigenvalue weighted by molar-refractivity contribution is -0.120. The molecule has 1 aliphatic rings. The van der Waals surface area contributed by atoms with E-state index in [9.17, 15) is 14.4 Å². The Morgan fingerprint density at radius 2 is 1.84 bits per heavy atom. The lowest BCUT2D eigenvalue weighted by Crippen LogP contribution is -2.33. The Bertz CT molecular complexity index is 1480. The molecule has 0 atom stereocenters. The fourth-order valence-corrected chi connectivity index (χ4v) is 4.34. The first-order valence-corrected chi connectivity index (χ1v) is 12.3. The molecule has 0 radical (unpaired) electrons. The van der Waals surface area contributed by atoms with E-state index in [1.54, 1.807) is 23.1 Å². The Balaban J connectivity index is 1.42. The molecule has 1 saturated carbocycles. The highest BCUT2D eigenvalue weighted by Gasteiger charge is 2.22. The number of hydrogen-bond acceptors (Lipinski definition) is 7. The molecule has 11 heteroatoms. The molecule has 2 aromatic carbocycles. The van der Waals surface area contributed by atoms with Crippen molar-refractivity contribution in [2.75, 3.05) is 18.5 Å². The first-order chi connectivity index (χ1) is 18.5. The SMILES string of the molecule is NC(=O)COc1ccc(NC(=O)c2ccc(Cn3ccnn3)c3ccccc23)c(C(=O)NCC2CCC2)n1. The number of pyridine rings is 1. The van der Waals surface area contributed by atoms with E-state index in [-0.39, 0.29) is 23.9 Å². The fraction of sp³-hybridized carbons (Fsp3) is 0.259. The largest absolute Gasteiger partial charge is 0.468 e. The van der Waals surface area contributed by atoms with Gasteiger partial charge in [-0.15, -0.1) is 5.10 Å². The van der Waals surface area contributed by atoms with Crippen molar-refractivity contribution in [2.45, 2.75) is 25.8 Å². The standard InChI is InChI=1S/C27H27N7O4/c28-23(35)16-38-24-11-10-22(25(32-24)27(37)29-14-17-4-3-5-17)31-26(36)21-9-8-18(15-34-13-12-30-33-34)19-6-1-2-7-20(19)21/h1-2,6-13,17H,3-5,14-16H2,(H2,28,35)(H,29,37)(H,31,36). The number of nitrogens with two attached hydrogens (primary N) is 1. The van der Waals surface area contributed by atoms with Gasteiger partial charge in [0.05, 0.1) is 18.4 Å². The van der Waals surface area contributed by atoms with E-state index in [0.717, 1.165) is 35.6 Å². The van der Waals surface area contributed by atoms with Crippen molar-refractivity contribution in [1.82, 2.24) is 25.3 Å². The molecule has 4 N–H and O–H groups in total. The van der Waals surface area contributed by atoms with Gasteiger partial charge < -0.3 is 21.1 Å². The van der Waals surface area contributed by atoms with Gasteiger partial charge in [-0.3, -0.25) is 14.4 Å². The maximum absolute atomic E-state index is 13.5. The zero-order valence-electron chi connectivity index (χ0n) is 20.6. The number of carbonyl (C=O) groups is 3. The number of aromatic nitrogens is 4. The van der Waals surface area contributed by atoms with Crippen LogP contribution >= 0.6 is 0 Å². The average Bonchev–Trinajstić information content (AvgIpc) is 3.40. The van der Waals surface area contributed by atoms with Gasteiger partial charge in [0, 0.05) is 24.4 Å². The Morgan fingerprint density at radius 1 is 1.03 bits per heavy atom. The molecule has 0 saturated heterocycles. The first kappa shape index (κ1) is 24.9. The molecule has 1 fully saturated rings. The van der Waals surface area contributed by atoms with Crippen LogP contribution in [0, 0.1) is 5.92 Å². The second-order valence-corrected chi connectivity index (χ2v) is 9.18. The number of primary amides is 1. The van der Waals surface area contributed by atoms with E-state index in [0.29, 0.717) is 24.6 Å². The molecule has 38 heavy (non-hydrogen) atoms. The van der Waals surface area contributed by atoms with Crippen LogP contribution in [0.15, 0.2) is 60.9 Å². The number of benzene rings is 2. The summed E-state index contributed by atoms with van der Waals surface area (Å²) in [6.07, 6.45) is 6.68. The second-order valence-electron chi connectivity index (χ2n) is 9.18. The number of amides is 3. The number of anilines is 1. The maximum atomic E-state index is 13.5. The van der Waals surface area contributed by atoms with Crippen LogP contribution in [0.1, 0.15) is 45.7 Å². The van der Waals surface area contributed by atoms with Gasteiger partial charge in [-0.25, -0.2) is 9.67 Å². The van der Waals surface area contributed by atoms with Crippen molar-refractivity contribution in [1.29, 1.82) is 0 Å². The van der Waals surface area contributed by atoms with E-state index in [4.69, 9.17) is 10.5 Å². The Kier molecular flexibility index (Phi) is 7.25. The number of fused-ring (bicyclic) bond motifs is 1. The number of carbonyl (C=O) groups excluding carboxylic acids is 3. The number of rotatable bonds is 10. The smallest absolute Gasteiger partial charge is 0.272 e. The van der Waals surface area contributed by atoms with Crippen LogP contribution in [0.2, 0.25) is 0 Å². The van der Waals surface area contributed by atoms with Crippen LogP contribution in [0.3, 0.4) is 0 Å². The highest BCUT2D eigenvalue weighted by atomic mass is 16.5. The molecule has 5 rings (SSSR count). The van der Waals surface area contributed by atoms with Crippen molar-refractivity contribution in [3.8, 4) is 5.88 Å². The number of nitrogens with zero attached hydrogens (tertiary/aromatic N) is 4. The molecule has 0 bridgehead atoms. The topological polar surface area (TPSA) is 154 Å². The minimum atomic E-state index is -0.667. The number of hydrogen-bond donors (Lipinski definition) is 3. The zero-order chi connectivity index (χ0) is 26.5. The molecule has 0 aliphatic heterocycles. The Hall–Kier alpha value is -4.80. The summed E-state index contributed by atoms with van der Waals surface area (Å²) in [6.45, 7) is 0.650. The number of ether oxygens (including phenoxy) is 1. The monoisotopic (exact) mass is 513 g/mol. The van der Waals surface area contributed by atoms with Crippen molar-refractivity contribution >= 4 is 34.2 Å². The summed E-state index contributed by atoms with van der Waals surface area (Å²) >= 11 is 0. The van der Waals surface area contributed by atoms with Gasteiger partial charge in [0.25, 0.3) is 17.7 Å². The van der Waals surface area contributed by atoms with E-state index in [1.807, 2.05) is 30.3 Å². The van der Waals surface area contributed by atoms with Crippen LogP contribution in [-0.2, 0) is 11.3 Å². The van der Waals surface area contributed by atoms with E-state index < -0.39 is 17.7 Å². The van der Waals surface area contributed by atoms with Gasteiger partial charge in [0.2, 0.25) is 5.88 Å². The van der Waals surface area contributed by atoms with Gasteiger partial charge in [-0.2, -0.15) is 0 Å². The quantitative estimate of drug-likeness (QED) is 0.294. The van der Waals surface area contributed by atoms with Gasteiger partial charge >= 0.3 is 0 Å². The molecule has 3 amide bonds. The zero-order valence-corrected chi connectivity index (χ0v) is 20.6. The summed E-state index contributed by atoms with van der Waals surface area (Å²) in [6, 6.07) is 14.2. The summed E-state index contributed by atoms with van der Waals surface area (Å²) in [7, 11) is 0. The minimum Gasteiger partial charge on any atom is -0.468 e. The number of nitrogens with one attached hydrogen (secondary N) is 2. The second kappa shape index (κ2) is 11.1. The van der Waals surface area contributed by atoms with Crippen molar-refractivity contribution in [3.63, 3.8) is 0 Å². The van der Waals surface area contributed by atoms with Crippen LogP contribution in [0.4, 0.5) is 5.69 Å². The van der Waals surface area contributed by atoms with Crippen molar-refractivity contribution in [3.05, 3.63) is 77.7 Å².